The average Bonchev–Trinajstić information content (AvgIpc) is 3.45. The van der Waals surface area contributed by atoms with E-state index in [0.29, 0.717) is 23.4 Å². The highest BCUT2D eigenvalue weighted by Crippen LogP contribution is 2.31. The Balaban J connectivity index is 1.78. The maximum Gasteiger partial charge on any atom is 0.337 e. The average molecular weight is 493 g/mol. The number of aryl methyl sites for hydroxylation is 1. The second kappa shape index (κ2) is 8.92. The Morgan fingerprint density at radius 3 is 2.38 bits per heavy atom. The summed E-state index contributed by atoms with van der Waals surface area (Å²) in [5.41, 5.74) is 4.68. The Bertz CT molecular complexity index is 1860. The van der Waals surface area contributed by atoms with Crippen molar-refractivity contribution >= 4 is 44.7 Å². The highest BCUT2D eigenvalue weighted by Gasteiger charge is 2.23. The maximum atomic E-state index is 13.9. The highest BCUT2D eigenvalue weighted by atomic mass is 16.5. The zero-order valence-corrected chi connectivity index (χ0v) is 21.1. The van der Waals surface area contributed by atoms with Gasteiger partial charge in [-0.25, -0.2) is 9.78 Å². The number of fused-ring (bicyclic) bond motifs is 7. The SMILES string of the molecule is COC(=O)c1ccc2c(c1)n1c3c(nc1n2CCC(C)C)c1ccccc1c(=O)n3Cc1ccccc1. The summed E-state index contributed by atoms with van der Waals surface area (Å²) in [5, 5.41) is 1.46. The molecule has 0 amide bonds. The minimum atomic E-state index is -0.401. The van der Waals surface area contributed by atoms with Gasteiger partial charge in [-0.05, 0) is 42.2 Å². The number of aromatic nitrogens is 4. The number of rotatable bonds is 6. The molecule has 0 N–H and O–H groups in total. The van der Waals surface area contributed by atoms with Gasteiger partial charge in [-0.3, -0.25) is 13.8 Å². The van der Waals surface area contributed by atoms with Gasteiger partial charge < -0.3 is 9.30 Å². The van der Waals surface area contributed by atoms with Crippen LogP contribution in [0.2, 0.25) is 0 Å². The van der Waals surface area contributed by atoms with Crippen LogP contribution >= 0.6 is 0 Å². The van der Waals surface area contributed by atoms with Crippen molar-refractivity contribution in [3.8, 4) is 0 Å². The Morgan fingerprint density at radius 1 is 0.919 bits per heavy atom. The van der Waals surface area contributed by atoms with Gasteiger partial charge in [-0.2, -0.15) is 0 Å². The quantitative estimate of drug-likeness (QED) is 0.282. The third-order valence-electron chi connectivity index (χ3n) is 7.03. The number of hydrogen-bond acceptors (Lipinski definition) is 4. The number of imidazole rings is 2. The van der Waals surface area contributed by atoms with Crippen molar-refractivity contribution in [2.24, 2.45) is 5.92 Å². The van der Waals surface area contributed by atoms with Gasteiger partial charge in [0.1, 0.15) is 5.52 Å². The molecule has 0 spiro atoms. The molecule has 0 aliphatic carbocycles. The van der Waals surface area contributed by atoms with E-state index in [1.165, 1.54) is 7.11 Å². The number of methoxy groups -OCH3 is 1. The predicted molar refractivity (Wildman–Crippen MR) is 146 cm³/mol. The summed E-state index contributed by atoms with van der Waals surface area (Å²) in [5.74, 6) is 0.861. The normalized spacial score (nSPS) is 11.9. The molecule has 186 valence electrons. The molecule has 0 fully saturated rings. The zero-order chi connectivity index (χ0) is 25.7. The van der Waals surface area contributed by atoms with Crippen molar-refractivity contribution in [1.82, 2.24) is 18.5 Å². The van der Waals surface area contributed by atoms with Crippen molar-refractivity contribution in [2.45, 2.75) is 33.4 Å². The van der Waals surface area contributed by atoms with Crippen LogP contribution in [0.3, 0.4) is 0 Å². The van der Waals surface area contributed by atoms with Crippen molar-refractivity contribution in [3.63, 3.8) is 0 Å². The number of benzene rings is 3. The van der Waals surface area contributed by atoms with Gasteiger partial charge in [0.05, 0.1) is 30.3 Å². The molecule has 0 atom stereocenters. The molecule has 6 aromatic rings. The van der Waals surface area contributed by atoms with Crippen LogP contribution in [0.25, 0.3) is 38.7 Å². The summed E-state index contributed by atoms with van der Waals surface area (Å²) >= 11 is 0. The lowest BCUT2D eigenvalue weighted by Gasteiger charge is -2.11. The van der Waals surface area contributed by atoms with Gasteiger partial charge in [0, 0.05) is 17.3 Å². The largest absolute Gasteiger partial charge is 0.465 e. The van der Waals surface area contributed by atoms with Gasteiger partial charge in [0.15, 0.2) is 5.65 Å². The van der Waals surface area contributed by atoms with Crippen LogP contribution in [-0.4, -0.2) is 31.6 Å². The standard InChI is InChI=1S/C30H28N4O3/c1-19(2)15-16-32-24-14-13-21(29(36)37-3)17-25(24)34-27-26(31-30(32)34)22-11-7-8-12-23(22)28(35)33(27)18-20-9-5-4-6-10-20/h4-14,17,19H,15-16,18H2,1-3H3. The number of hydrogen-bond donors (Lipinski definition) is 0. The molecule has 7 nitrogen and oxygen atoms in total. The minimum Gasteiger partial charge on any atom is -0.465 e. The fraction of sp³-hybridized carbons (Fsp3) is 0.233. The number of carbonyl (C=O) groups is 1. The second-order valence-corrected chi connectivity index (χ2v) is 9.87. The van der Waals surface area contributed by atoms with Gasteiger partial charge in [-0.1, -0.05) is 62.4 Å². The van der Waals surface area contributed by atoms with E-state index in [0.717, 1.165) is 51.9 Å². The Morgan fingerprint density at radius 2 is 1.65 bits per heavy atom. The van der Waals surface area contributed by atoms with E-state index >= 15 is 0 Å². The topological polar surface area (TPSA) is 70.5 Å². The van der Waals surface area contributed by atoms with Crippen molar-refractivity contribution in [2.75, 3.05) is 7.11 Å². The molecule has 0 radical (unpaired) electrons. The molecular weight excluding hydrogens is 464 g/mol. The van der Waals surface area contributed by atoms with Crippen LogP contribution in [0.1, 0.15) is 36.2 Å². The fourth-order valence-corrected chi connectivity index (χ4v) is 5.15. The summed E-state index contributed by atoms with van der Waals surface area (Å²) in [7, 11) is 1.38. The molecule has 7 heteroatoms. The van der Waals surface area contributed by atoms with E-state index in [-0.39, 0.29) is 5.56 Å². The summed E-state index contributed by atoms with van der Waals surface area (Å²) in [6, 6.07) is 23.2. The molecule has 0 aliphatic rings. The van der Waals surface area contributed by atoms with E-state index < -0.39 is 5.97 Å². The Hall–Kier alpha value is -4.39. The number of esters is 1. The van der Waals surface area contributed by atoms with Crippen LogP contribution < -0.4 is 5.56 Å². The molecule has 3 aromatic heterocycles. The Labute approximate surface area is 213 Å². The first-order chi connectivity index (χ1) is 18.0. The number of carbonyl (C=O) groups excluding carboxylic acids is 1. The van der Waals surface area contributed by atoms with Crippen LogP contribution in [0.4, 0.5) is 0 Å². The van der Waals surface area contributed by atoms with Crippen molar-refractivity contribution < 1.29 is 9.53 Å². The molecule has 0 saturated carbocycles. The molecule has 0 unspecified atom stereocenters. The van der Waals surface area contributed by atoms with Gasteiger partial charge >= 0.3 is 5.97 Å². The smallest absolute Gasteiger partial charge is 0.337 e. The Kier molecular flexibility index (Phi) is 5.56. The molecule has 0 bridgehead atoms. The van der Waals surface area contributed by atoms with Crippen LogP contribution in [0, 0.1) is 5.92 Å². The fourth-order valence-electron chi connectivity index (χ4n) is 5.15. The van der Waals surface area contributed by atoms with E-state index in [9.17, 15) is 9.59 Å². The van der Waals surface area contributed by atoms with E-state index in [1.54, 1.807) is 6.07 Å². The maximum absolute atomic E-state index is 13.9. The predicted octanol–water partition coefficient (Wildman–Crippen LogP) is 5.64. The number of nitrogens with zero attached hydrogens (tertiary/aromatic N) is 4. The number of ether oxygens (including phenoxy) is 1. The molecular formula is C30H28N4O3. The zero-order valence-electron chi connectivity index (χ0n) is 21.1. The van der Waals surface area contributed by atoms with E-state index in [1.807, 2.05) is 75.7 Å². The second-order valence-electron chi connectivity index (χ2n) is 9.87. The summed E-state index contributed by atoms with van der Waals surface area (Å²) in [4.78, 5) is 31.5. The monoisotopic (exact) mass is 492 g/mol. The minimum absolute atomic E-state index is 0.0686. The highest BCUT2D eigenvalue weighted by molar-refractivity contribution is 6.05. The summed E-state index contributed by atoms with van der Waals surface area (Å²) in [6.07, 6.45) is 0.971. The molecule has 0 aliphatic heterocycles. The van der Waals surface area contributed by atoms with Gasteiger partial charge in [0.2, 0.25) is 5.78 Å². The number of pyridine rings is 1. The first kappa shape index (κ1) is 23.0. The van der Waals surface area contributed by atoms with E-state index in [2.05, 4.69) is 18.4 Å². The molecule has 3 heterocycles. The van der Waals surface area contributed by atoms with Crippen molar-refractivity contribution in [1.29, 1.82) is 0 Å². The van der Waals surface area contributed by atoms with Crippen LogP contribution in [0.15, 0.2) is 77.6 Å². The molecule has 0 saturated heterocycles. The molecule has 37 heavy (non-hydrogen) atoms. The first-order valence-corrected chi connectivity index (χ1v) is 12.6. The van der Waals surface area contributed by atoms with Crippen LogP contribution in [0.5, 0.6) is 0 Å². The lowest BCUT2D eigenvalue weighted by molar-refractivity contribution is 0.0601. The molecule has 3 aromatic carbocycles. The lowest BCUT2D eigenvalue weighted by Crippen LogP contribution is -2.22. The lowest BCUT2D eigenvalue weighted by atomic mass is 10.1. The van der Waals surface area contributed by atoms with Crippen LogP contribution in [-0.2, 0) is 17.8 Å². The summed E-state index contributed by atoms with van der Waals surface area (Å²) in [6.45, 7) is 5.58. The first-order valence-electron chi connectivity index (χ1n) is 12.6. The molecule has 6 rings (SSSR count). The van der Waals surface area contributed by atoms with Gasteiger partial charge in [-0.15, -0.1) is 0 Å². The summed E-state index contributed by atoms with van der Waals surface area (Å²) < 4.78 is 11.0. The third kappa shape index (κ3) is 3.69. The van der Waals surface area contributed by atoms with E-state index in [4.69, 9.17) is 9.72 Å². The van der Waals surface area contributed by atoms with Crippen molar-refractivity contribution in [3.05, 3.63) is 94.3 Å². The van der Waals surface area contributed by atoms with Gasteiger partial charge in [0.25, 0.3) is 5.56 Å². The third-order valence-corrected chi connectivity index (χ3v) is 7.03.